The minimum absolute atomic E-state index is 0.340. The predicted molar refractivity (Wildman–Crippen MR) is 70.2 cm³/mol. The first-order valence-corrected chi connectivity index (χ1v) is 6.82. The maximum atomic E-state index is 12.3. The van der Waals surface area contributed by atoms with Gasteiger partial charge in [-0.25, -0.2) is 4.98 Å². The van der Waals surface area contributed by atoms with Crippen LogP contribution in [0.2, 0.25) is 0 Å². The van der Waals surface area contributed by atoms with Crippen LogP contribution < -0.4 is 5.73 Å². The van der Waals surface area contributed by atoms with E-state index in [0.29, 0.717) is 23.9 Å². The van der Waals surface area contributed by atoms with Crippen LogP contribution in [0.5, 0.6) is 0 Å². The van der Waals surface area contributed by atoms with Gasteiger partial charge < -0.3 is 10.6 Å². The van der Waals surface area contributed by atoms with E-state index in [4.69, 9.17) is 5.73 Å². The second-order valence-electron chi connectivity index (χ2n) is 3.79. The molecule has 0 radical (unpaired) electrons. The lowest BCUT2D eigenvalue weighted by Crippen LogP contribution is -2.37. The number of thiazole rings is 1. The highest BCUT2D eigenvalue weighted by Crippen LogP contribution is 2.30. The molecular weight excluding hydrogens is 277 g/mol. The fraction of sp³-hybridized carbons (Fsp3) is 0.636. The van der Waals surface area contributed by atoms with Crippen LogP contribution >= 0.6 is 11.3 Å². The summed E-state index contributed by atoms with van der Waals surface area (Å²) in [6, 6.07) is 0. The summed E-state index contributed by atoms with van der Waals surface area (Å²) in [5.41, 5.74) is 4.92. The van der Waals surface area contributed by atoms with Crippen LogP contribution in [0.3, 0.4) is 0 Å². The maximum Gasteiger partial charge on any atom is 0.434 e. The van der Waals surface area contributed by atoms with Gasteiger partial charge in [-0.1, -0.05) is 0 Å². The van der Waals surface area contributed by atoms with E-state index in [9.17, 15) is 13.2 Å². The first kappa shape index (κ1) is 15.7. The molecule has 0 saturated carbocycles. The van der Waals surface area contributed by atoms with Gasteiger partial charge in [0, 0.05) is 31.4 Å². The number of halogens is 3. The number of hydrogen-bond acceptors (Lipinski definition) is 3. The number of nitrogens with zero attached hydrogens (tertiary/aromatic N) is 3. The zero-order valence-electron chi connectivity index (χ0n) is 10.9. The molecule has 1 heterocycles. The van der Waals surface area contributed by atoms with Crippen molar-refractivity contribution in [2.45, 2.75) is 26.4 Å². The molecule has 108 valence electrons. The third-order valence-electron chi connectivity index (χ3n) is 2.53. The summed E-state index contributed by atoms with van der Waals surface area (Å²) in [6.07, 6.45) is -4.01. The van der Waals surface area contributed by atoms with Gasteiger partial charge >= 0.3 is 6.18 Å². The van der Waals surface area contributed by atoms with Gasteiger partial charge in [-0.2, -0.15) is 13.2 Å². The van der Waals surface area contributed by atoms with Crippen molar-refractivity contribution >= 4 is 17.3 Å². The Morgan fingerprint density at radius 2 is 2.05 bits per heavy atom. The van der Waals surface area contributed by atoms with E-state index < -0.39 is 11.9 Å². The summed E-state index contributed by atoms with van der Waals surface area (Å²) in [4.78, 5) is 9.55. The minimum Gasteiger partial charge on any atom is -0.370 e. The van der Waals surface area contributed by atoms with Crippen molar-refractivity contribution < 1.29 is 13.2 Å². The Labute approximate surface area is 114 Å². The number of aromatic nitrogens is 1. The SMILES string of the molecule is CCN(CC)C(N)=NCCc1nc(C(F)(F)F)cs1. The molecule has 0 aliphatic rings. The Balaban J connectivity index is 2.54. The lowest BCUT2D eigenvalue weighted by atomic mass is 10.4. The predicted octanol–water partition coefficient (Wildman–Crippen LogP) is 2.36. The van der Waals surface area contributed by atoms with Crippen LogP contribution in [0.1, 0.15) is 24.5 Å². The summed E-state index contributed by atoms with van der Waals surface area (Å²) in [5, 5.41) is 1.44. The number of rotatable bonds is 5. The van der Waals surface area contributed by atoms with Gasteiger partial charge in [-0.3, -0.25) is 4.99 Å². The summed E-state index contributed by atoms with van der Waals surface area (Å²) < 4.78 is 37.0. The molecule has 0 atom stereocenters. The molecular formula is C11H17F3N4S. The van der Waals surface area contributed by atoms with E-state index in [-0.39, 0.29) is 0 Å². The Morgan fingerprint density at radius 3 is 2.53 bits per heavy atom. The van der Waals surface area contributed by atoms with Crippen LogP contribution in [0.15, 0.2) is 10.4 Å². The lowest BCUT2D eigenvalue weighted by molar-refractivity contribution is -0.140. The van der Waals surface area contributed by atoms with E-state index in [1.54, 1.807) is 0 Å². The minimum atomic E-state index is -4.38. The average Bonchev–Trinajstić information content (AvgIpc) is 2.79. The Kier molecular flexibility index (Phi) is 5.59. The molecule has 4 nitrogen and oxygen atoms in total. The van der Waals surface area contributed by atoms with Crippen molar-refractivity contribution in [3.63, 3.8) is 0 Å². The zero-order chi connectivity index (χ0) is 14.5. The monoisotopic (exact) mass is 294 g/mol. The van der Waals surface area contributed by atoms with Crippen LogP contribution in [0, 0.1) is 0 Å². The highest BCUT2D eigenvalue weighted by Gasteiger charge is 2.33. The van der Waals surface area contributed by atoms with Crippen LogP contribution in [-0.4, -0.2) is 35.5 Å². The summed E-state index contributed by atoms with van der Waals surface area (Å²) in [5.74, 6) is 0.414. The fourth-order valence-electron chi connectivity index (χ4n) is 1.47. The van der Waals surface area contributed by atoms with Crippen LogP contribution in [0.25, 0.3) is 0 Å². The molecule has 1 rings (SSSR count). The van der Waals surface area contributed by atoms with E-state index in [0.717, 1.165) is 29.8 Å². The molecule has 0 aromatic carbocycles. The molecule has 0 fully saturated rings. The molecule has 8 heteroatoms. The van der Waals surface area contributed by atoms with Crippen molar-refractivity contribution in [1.82, 2.24) is 9.88 Å². The summed E-state index contributed by atoms with van der Waals surface area (Å²) in [7, 11) is 0. The van der Waals surface area contributed by atoms with Gasteiger partial charge in [0.1, 0.15) is 0 Å². The lowest BCUT2D eigenvalue weighted by Gasteiger charge is -2.19. The van der Waals surface area contributed by atoms with Crippen molar-refractivity contribution in [2.75, 3.05) is 19.6 Å². The highest BCUT2D eigenvalue weighted by atomic mass is 32.1. The van der Waals surface area contributed by atoms with Crippen LogP contribution in [0.4, 0.5) is 13.2 Å². The molecule has 0 saturated heterocycles. The summed E-state index contributed by atoms with van der Waals surface area (Å²) in [6.45, 7) is 5.76. The molecule has 0 amide bonds. The van der Waals surface area contributed by atoms with E-state index in [1.807, 2.05) is 18.7 Å². The second-order valence-corrected chi connectivity index (χ2v) is 4.73. The van der Waals surface area contributed by atoms with Gasteiger partial charge in [-0.15, -0.1) is 11.3 Å². The molecule has 0 bridgehead atoms. The number of aliphatic imine (C=N–C) groups is 1. The first-order valence-electron chi connectivity index (χ1n) is 5.95. The molecule has 19 heavy (non-hydrogen) atoms. The van der Waals surface area contributed by atoms with E-state index in [1.165, 1.54) is 0 Å². The quantitative estimate of drug-likeness (QED) is 0.670. The zero-order valence-corrected chi connectivity index (χ0v) is 11.7. The first-order chi connectivity index (χ1) is 8.88. The van der Waals surface area contributed by atoms with E-state index >= 15 is 0 Å². The van der Waals surface area contributed by atoms with Gasteiger partial charge in [-0.05, 0) is 13.8 Å². The van der Waals surface area contributed by atoms with Gasteiger partial charge in [0.05, 0.1) is 5.01 Å². The average molecular weight is 294 g/mol. The van der Waals surface area contributed by atoms with Crippen molar-refractivity contribution in [1.29, 1.82) is 0 Å². The second kappa shape index (κ2) is 6.74. The Morgan fingerprint density at radius 1 is 1.42 bits per heavy atom. The third-order valence-corrected chi connectivity index (χ3v) is 3.44. The Bertz CT molecular complexity index is 424. The topological polar surface area (TPSA) is 54.5 Å². The molecule has 2 N–H and O–H groups in total. The van der Waals surface area contributed by atoms with Crippen LogP contribution in [-0.2, 0) is 12.6 Å². The number of nitrogens with two attached hydrogens (primary N) is 1. The van der Waals surface area contributed by atoms with Crippen molar-refractivity contribution in [3.05, 3.63) is 16.1 Å². The van der Waals surface area contributed by atoms with Gasteiger partial charge in [0.15, 0.2) is 11.7 Å². The maximum absolute atomic E-state index is 12.3. The Hall–Kier alpha value is -1.31. The number of guanidine groups is 1. The van der Waals surface area contributed by atoms with Gasteiger partial charge in [0.2, 0.25) is 0 Å². The highest BCUT2D eigenvalue weighted by molar-refractivity contribution is 7.09. The van der Waals surface area contributed by atoms with Crippen molar-refractivity contribution in [2.24, 2.45) is 10.7 Å². The normalized spacial score (nSPS) is 12.8. The standard InChI is InChI=1S/C11H17F3N4S/c1-3-18(4-2)10(15)16-6-5-9-17-8(7-19-9)11(12,13)14/h7H,3-6H2,1-2H3,(H2,15,16). The molecule has 0 aliphatic carbocycles. The fourth-order valence-corrected chi connectivity index (χ4v) is 2.26. The van der Waals surface area contributed by atoms with Gasteiger partial charge in [0.25, 0.3) is 0 Å². The molecule has 0 unspecified atom stereocenters. The van der Waals surface area contributed by atoms with E-state index in [2.05, 4.69) is 9.98 Å². The molecule has 1 aromatic rings. The van der Waals surface area contributed by atoms with Crippen molar-refractivity contribution in [3.8, 4) is 0 Å². The largest absolute Gasteiger partial charge is 0.434 e. The molecule has 0 spiro atoms. The summed E-state index contributed by atoms with van der Waals surface area (Å²) >= 11 is 0.993. The molecule has 0 aliphatic heterocycles. The third kappa shape index (κ3) is 4.70. The molecule has 1 aromatic heterocycles. The smallest absolute Gasteiger partial charge is 0.370 e. The number of hydrogen-bond donors (Lipinski definition) is 1. The number of alkyl halides is 3.